The van der Waals surface area contributed by atoms with Gasteiger partial charge < -0.3 is 0 Å². The molecule has 1 aromatic carbocycles. The van der Waals surface area contributed by atoms with Gasteiger partial charge in [-0.2, -0.15) is 0 Å². The van der Waals surface area contributed by atoms with Gasteiger partial charge in [-0.25, -0.2) is 0 Å². The van der Waals surface area contributed by atoms with Crippen LogP contribution in [0, 0.1) is 0 Å². The maximum absolute atomic E-state index is 7.03. The maximum atomic E-state index is 7.03. The van der Waals surface area contributed by atoms with Crippen LogP contribution < -0.4 is 0 Å². The molecule has 0 radical (unpaired) electrons. The van der Waals surface area contributed by atoms with Crippen LogP contribution in [0.5, 0.6) is 0 Å². The van der Waals surface area contributed by atoms with E-state index in [2.05, 4.69) is 13.8 Å². The summed E-state index contributed by atoms with van der Waals surface area (Å²) < 4.78 is -7.63. The molecular weight excluding hydrogens is 503 g/mol. The zero-order valence-corrected chi connectivity index (χ0v) is 22.5. The van der Waals surface area contributed by atoms with Gasteiger partial charge in [0, 0.05) is 0 Å². The summed E-state index contributed by atoms with van der Waals surface area (Å²) in [7, 11) is 0. The van der Waals surface area contributed by atoms with Gasteiger partial charge in [0.05, 0.1) is 0 Å². The van der Waals surface area contributed by atoms with Crippen LogP contribution in [-0.2, 0) is 0 Å². The van der Waals surface area contributed by atoms with Crippen molar-refractivity contribution < 1.29 is 0 Å². The number of halogens is 6. The van der Waals surface area contributed by atoms with Gasteiger partial charge >= 0.3 is 196 Å². The number of unbranched alkanes of at least 4 members (excludes halogenated alkanes) is 6. The SMILES string of the molecule is CCCCCCP(Cl)(Cl)(Cl)C(c1ccccc1)P(Cl)(Cl)(Cl)CCCCCC. The summed E-state index contributed by atoms with van der Waals surface area (Å²) in [6.45, 7) is 4.32. The Morgan fingerprint density at radius 1 is 0.630 bits per heavy atom. The Morgan fingerprint density at radius 3 is 1.41 bits per heavy atom. The first-order valence-corrected chi connectivity index (χ1v) is 20.2. The first-order valence-electron chi connectivity index (χ1n) is 9.78. The van der Waals surface area contributed by atoms with E-state index in [1.165, 1.54) is 0 Å². The minimum absolute atomic E-state index is 0.495. The normalized spacial score (nSPS) is 16.9. The third-order valence-electron chi connectivity index (χ3n) is 4.79. The molecule has 160 valence electrons. The Labute approximate surface area is 194 Å². The zero-order valence-electron chi connectivity index (χ0n) is 16.2. The van der Waals surface area contributed by atoms with E-state index < -0.39 is 14.7 Å². The summed E-state index contributed by atoms with van der Waals surface area (Å²) in [5, 5.41) is -0.624. The minimum atomic E-state index is -3.81. The fourth-order valence-electron chi connectivity index (χ4n) is 3.43. The first kappa shape index (κ1) is 26.9. The predicted octanol–water partition coefficient (Wildman–Crippen LogP) is 11.9. The predicted molar refractivity (Wildman–Crippen MR) is 136 cm³/mol. The summed E-state index contributed by atoms with van der Waals surface area (Å²) in [6, 6.07) is 9.65. The van der Waals surface area contributed by atoms with Gasteiger partial charge in [-0.15, -0.1) is 0 Å². The van der Waals surface area contributed by atoms with E-state index in [4.69, 9.17) is 67.4 Å². The summed E-state index contributed by atoms with van der Waals surface area (Å²) >= 11 is 42.2. The third-order valence-corrected chi connectivity index (χ3v) is 21.4. The van der Waals surface area contributed by atoms with Crippen LogP contribution >= 0.6 is 76.8 Å². The fourth-order valence-corrected chi connectivity index (χ4v) is 28.9. The standard InChI is InChI=1S/C19H32Cl6P2/c1-3-5-7-12-16-26(20,21,22)19(18-14-10-9-11-15-18)27(23,24,25)17-13-8-6-4-2/h9-11,14-15,19H,3-8,12-13,16-17H2,1-2H3. The molecule has 0 N–H and O–H groups in total. The second-order valence-corrected chi connectivity index (χ2v) is 30.9. The van der Waals surface area contributed by atoms with Crippen molar-refractivity contribution in [3.63, 3.8) is 0 Å². The topological polar surface area (TPSA) is 0 Å². The van der Waals surface area contributed by atoms with Gasteiger partial charge in [-0.05, 0) is 0 Å². The van der Waals surface area contributed by atoms with Gasteiger partial charge in [0.15, 0.2) is 0 Å². The van der Waals surface area contributed by atoms with Gasteiger partial charge in [0.2, 0.25) is 0 Å². The summed E-state index contributed by atoms with van der Waals surface area (Å²) in [4.78, 5) is 0. The quantitative estimate of drug-likeness (QED) is 0.174. The van der Waals surface area contributed by atoms with Crippen LogP contribution in [0.1, 0.15) is 76.2 Å². The van der Waals surface area contributed by atoms with Crippen molar-refractivity contribution in [2.45, 2.75) is 70.6 Å². The second kappa shape index (κ2) is 10.9. The Hall–Kier alpha value is 1.82. The van der Waals surface area contributed by atoms with E-state index in [1.54, 1.807) is 0 Å². The number of benzene rings is 1. The van der Waals surface area contributed by atoms with E-state index in [-0.39, 0.29) is 0 Å². The molecule has 27 heavy (non-hydrogen) atoms. The molecule has 0 unspecified atom stereocenters. The molecule has 0 aliphatic rings. The molecule has 0 saturated carbocycles. The molecule has 0 spiro atoms. The van der Waals surface area contributed by atoms with Crippen molar-refractivity contribution in [3.05, 3.63) is 35.9 Å². The molecule has 8 heteroatoms. The molecular formula is C19H32Cl6P2. The van der Waals surface area contributed by atoms with E-state index in [1.807, 2.05) is 30.3 Å². The Kier molecular flexibility index (Phi) is 10.9. The van der Waals surface area contributed by atoms with Crippen LogP contribution in [0.4, 0.5) is 0 Å². The monoisotopic (exact) mass is 532 g/mol. The zero-order chi connectivity index (χ0) is 20.7. The van der Waals surface area contributed by atoms with Crippen molar-refractivity contribution in [2.24, 2.45) is 0 Å². The van der Waals surface area contributed by atoms with E-state index >= 15 is 0 Å². The van der Waals surface area contributed by atoms with Gasteiger partial charge in [-0.1, -0.05) is 0 Å². The third kappa shape index (κ3) is 8.83. The summed E-state index contributed by atoms with van der Waals surface area (Å²) in [5.41, 5.74) is 0.846. The molecule has 1 rings (SSSR count). The van der Waals surface area contributed by atoms with E-state index in [0.717, 1.165) is 56.9 Å². The molecule has 0 heterocycles. The van der Waals surface area contributed by atoms with Crippen LogP contribution in [0.2, 0.25) is 0 Å². The van der Waals surface area contributed by atoms with Crippen molar-refractivity contribution in [1.29, 1.82) is 0 Å². The molecule has 0 saturated heterocycles. The van der Waals surface area contributed by atoms with Gasteiger partial charge in [0.25, 0.3) is 0 Å². The molecule has 0 aliphatic carbocycles. The number of hydrogen-bond acceptors (Lipinski definition) is 0. The van der Waals surface area contributed by atoms with Crippen molar-refractivity contribution in [1.82, 2.24) is 0 Å². The van der Waals surface area contributed by atoms with E-state index in [0.29, 0.717) is 12.3 Å². The molecule has 0 atom stereocenters. The summed E-state index contributed by atoms with van der Waals surface area (Å²) in [6.07, 6.45) is 9.24. The van der Waals surface area contributed by atoms with Crippen molar-refractivity contribution >= 4 is 76.8 Å². The molecule has 0 aliphatic heterocycles. The molecule has 1 aromatic rings. The van der Waals surface area contributed by atoms with Crippen LogP contribution in [0.15, 0.2) is 30.3 Å². The Balaban J connectivity index is 3.23. The summed E-state index contributed by atoms with van der Waals surface area (Å²) in [5.74, 6) is 0. The van der Waals surface area contributed by atoms with Crippen molar-refractivity contribution in [2.75, 3.05) is 12.3 Å². The Bertz CT molecular complexity index is 530. The van der Waals surface area contributed by atoms with Crippen molar-refractivity contribution in [3.8, 4) is 0 Å². The average Bonchev–Trinajstić information content (AvgIpc) is 2.55. The van der Waals surface area contributed by atoms with Crippen LogP contribution in [0.3, 0.4) is 0 Å². The fraction of sp³-hybridized carbons (Fsp3) is 0.684. The van der Waals surface area contributed by atoms with Crippen LogP contribution in [0.25, 0.3) is 0 Å². The molecule has 0 aromatic heterocycles. The molecule has 0 nitrogen and oxygen atoms in total. The van der Waals surface area contributed by atoms with Gasteiger partial charge in [0.1, 0.15) is 0 Å². The van der Waals surface area contributed by atoms with Gasteiger partial charge in [-0.3, -0.25) is 0 Å². The molecule has 0 amide bonds. The average molecular weight is 535 g/mol. The first-order chi connectivity index (χ1) is 12.4. The van der Waals surface area contributed by atoms with Crippen LogP contribution in [-0.4, -0.2) is 12.3 Å². The molecule has 0 fully saturated rings. The van der Waals surface area contributed by atoms with E-state index in [9.17, 15) is 0 Å². The second-order valence-electron chi connectivity index (χ2n) is 7.40. The number of hydrogen-bond donors (Lipinski definition) is 0. The molecule has 0 bridgehead atoms. The number of rotatable bonds is 13. The Morgan fingerprint density at radius 2 is 1.04 bits per heavy atom.